The summed E-state index contributed by atoms with van der Waals surface area (Å²) in [7, 11) is 1.50. The molecule has 86 valence electrons. The molecule has 1 aromatic carbocycles. The van der Waals surface area contributed by atoms with Crippen molar-refractivity contribution in [3.8, 4) is 11.8 Å². The Bertz CT molecular complexity index is 387. The number of methoxy groups -OCH3 is 1. The average Bonchev–Trinajstić information content (AvgIpc) is 2.29. The molecule has 0 bridgehead atoms. The van der Waals surface area contributed by atoms with Crippen LogP contribution in [0.4, 0.5) is 4.39 Å². The van der Waals surface area contributed by atoms with E-state index >= 15 is 0 Å². The molecule has 16 heavy (non-hydrogen) atoms. The quantitative estimate of drug-likeness (QED) is 0.778. The Kier molecular flexibility index (Phi) is 4.74. The predicted octanol–water partition coefficient (Wildman–Crippen LogP) is 2.40. The topological polar surface area (TPSA) is 45.0 Å². The van der Waals surface area contributed by atoms with Crippen LogP contribution < -0.4 is 10.1 Å². The van der Waals surface area contributed by atoms with E-state index in [1.54, 1.807) is 12.1 Å². The van der Waals surface area contributed by atoms with Crippen LogP contribution in [0.3, 0.4) is 0 Å². The molecular formula is C12H15FN2O. The lowest BCUT2D eigenvalue weighted by Gasteiger charge is -2.14. The molecule has 3 nitrogen and oxygen atoms in total. The van der Waals surface area contributed by atoms with Crippen LogP contribution in [0.25, 0.3) is 0 Å². The van der Waals surface area contributed by atoms with Crippen LogP contribution in [-0.2, 0) is 0 Å². The number of hydrogen-bond acceptors (Lipinski definition) is 3. The number of nitrogens with one attached hydrogen (secondary N) is 1. The molecule has 1 unspecified atom stereocenters. The molecule has 0 aliphatic heterocycles. The molecule has 0 spiro atoms. The highest BCUT2D eigenvalue weighted by molar-refractivity contribution is 5.30. The van der Waals surface area contributed by atoms with E-state index in [-0.39, 0.29) is 11.9 Å². The number of rotatable bonds is 5. The number of nitrogens with zero attached hydrogens (tertiary/aromatic N) is 1. The molecule has 0 fully saturated rings. The predicted molar refractivity (Wildman–Crippen MR) is 59.6 cm³/mol. The summed E-state index contributed by atoms with van der Waals surface area (Å²) in [5.74, 6) is 0.210. The Balaban J connectivity index is 2.68. The van der Waals surface area contributed by atoms with Gasteiger partial charge in [-0.15, -0.1) is 0 Å². The van der Waals surface area contributed by atoms with Gasteiger partial charge in [-0.2, -0.15) is 5.26 Å². The minimum atomic E-state index is -0.295. The van der Waals surface area contributed by atoms with Crippen LogP contribution >= 0.6 is 0 Å². The molecule has 0 heterocycles. The van der Waals surface area contributed by atoms with E-state index < -0.39 is 0 Å². The maximum Gasteiger partial charge on any atom is 0.131 e. The monoisotopic (exact) mass is 222 g/mol. The van der Waals surface area contributed by atoms with E-state index in [1.807, 2.05) is 13.0 Å². The lowest BCUT2D eigenvalue weighted by Crippen LogP contribution is -2.20. The number of ether oxygens (including phenoxy) is 1. The second-order valence-corrected chi connectivity index (χ2v) is 3.47. The first kappa shape index (κ1) is 12.5. The van der Waals surface area contributed by atoms with Crippen molar-refractivity contribution in [1.82, 2.24) is 5.32 Å². The maximum absolute atomic E-state index is 13.6. The Labute approximate surface area is 94.8 Å². The number of hydrogen-bond donors (Lipinski definition) is 1. The van der Waals surface area contributed by atoms with Gasteiger partial charge in [0.15, 0.2) is 0 Å². The highest BCUT2D eigenvalue weighted by atomic mass is 19.1. The second kappa shape index (κ2) is 6.09. The van der Waals surface area contributed by atoms with Gasteiger partial charge >= 0.3 is 0 Å². The molecule has 0 saturated carbocycles. The van der Waals surface area contributed by atoms with Crippen molar-refractivity contribution in [3.05, 3.63) is 29.6 Å². The summed E-state index contributed by atoms with van der Waals surface area (Å²) in [6.45, 7) is 2.42. The van der Waals surface area contributed by atoms with E-state index in [0.717, 1.165) is 0 Å². The van der Waals surface area contributed by atoms with Gasteiger partial charge in [-0.3, -0.25) is 0 Å². The highest BCUT2D eigenvalue weighted by Gasteiger charge is 2.10. The van der Waals surface area contributed by atoms with Gasteiger partial charge in [0.2, 0.25) is 0 Å². The molecule has 1 rings (SSSR count). The van der Waals surface area contributed by atoms with Crippen LogP contribution in [0.5, 0.6) is 5.75 Å². The fraction of sp³-hybridized carbons (Fsp3) is 0.417. The zero-order valence-corrected chi connectivity index (χ0v) is 9.46. The average molecular weight is 222 g/mol. The lowest BCUT2D eigenvalue weighted by molar-refractivity contribution is 0.409. The van der Waals surface area contributed by atoms with Crippen molar-refractivity contribution in [2.75, 3.05) is 13.7 Å². The first-order valence-corrected chi connectivity index (χ1v) is 5.12. The summed E-state index contributed by atoms with van der Waals surface area (Å²) in [5.41, 5.74) is 0.582. The van der Waals surface area contributed by atoms with Gasteiger partial charge in [0.25, 0.3) is 0 Å². The van der Waals surface area contributed by atoms with E-state index in [1.165, 1.54) is 13.2 Å². The van der Waals surface area contributed by atoms with Crippen molar-refractivity contribution >= 4 is 0 Å². The fourth-order valence-electron chi connectivity index (χ4n) is 1.44. The fourth-order valence-corrected chi connectivity index (χ4v) is 1.44. The third-order valence-corrected chi connectivity index (χ3v) is 2.36. The molecule has 0 aromatic heterocycles. The molecule has 1 atom stereocenters. The standard InChI is InChI=1S/C12H15FN2O/c1-9(15-7-3-6-14)11-5-4-10(16-2)8-12(11)13/h4-5,8-9,15H,3,7H2,1-2H3. The Morgan fingerprint density at radius 3 is 2.88 bits per heavy atom. The van der Waals surface area contributed by atoms with Gasteiger partial charge in [0, 0.05) is 30.6 Å². The van der Waals surface area contributed by atoms with Crippen LogP contribution in [0.1, 0.15) is 24.9 Å². The van der Waals surface area contributed by atoms with Crippen LogP contribution in [0, 0.1) is 17.1 Å². The van der Waals surface area contributed by atoms with Crippen LogP contribution in [0.2, 0.25) is 0 Å². The SMILES string of the molecule is COc1ccc(C(C)NCCC#N)c(F)c1. The molecule has 1 N–H and O–H groups in total. The van der Waals surface area contributed by atoms with E-state index in [9.17, 15) is 4.39 Å². The molecule has 0 saturated heterocycles. The van der Waals surface area contributed by atoms with Gasteiger partial charge in [0.05, 0.1) is 13.2 Å². The van der Waals surface area contributed by atoms with E-state index in [2.05, 4.69) is 5.32 Å². The van der Waals surface area contributed by atoms with Crippen molar-refractivity contribution in [3.63, 3.8) is 0 Å². The Hall–Kier alpha value is -1.60. The molecule has 0 aliphatic rings. The zero-order valence-electron chi connectivity index (χ0n) is 9.46. The van der Waals surface area contributed by atoms with Crippen molar-refractivity contribution < 1.29 is 9.13 Å². The van der Waals surface area contributed by atoms with Crippen molar-refractivity contribution in [2.45, 2.75) is 19.4 Å². The van der Waals surface area contributed by atoms with Gasteiger partial charge in [0.1, 0.15) is 11.6 Å². The van der Waals surface area contributed by atoms with Gasteiger partial charge < -0.3 is 10.1 Å². The Morgan fingerprint density at radius 2 is 2.31 bits per heavy atom. The number of benzene rings is 1. The largest absolute Gasteiger partial charge is 0.497 e. The van der Waals surface area contributed by atoms with Gasteiger partial charge in [-0.05, 0) is 13.0 Å². The smallest absolute Gasteiger partial charge is 0.131 e. The third-order valence-electron chi connectivity index (χ3n) is 2.36. The van der Waals surface area contributed by atoms with Crippen LogP contribution in [0.15, 0.2) is 18.2 Å². The van der Waals surface area contributed by atoms with Gasteiger partial charge in [-0.1, -0.05) is 6.07 Å². The molecule has 1 aromatic rings. The molecular weight excluding hydrogens is 207 g/mol. The minimum absolute atomic E-state index is 0.112. The van der Waals surface area contributed by atoms with E-state index in [0.29, 0.717) is 24.3 Å². The maximum atomic E-state index is 13.6. The summed E-state index contributed by atoms with van der Waals surface area (Å²) in [6, 6.07) is 6.69. The van der Waals surface area contributed by atoms with Gasteiger partial charge in [-0.25, -0.2) is 4.39 Å². The third kappa shape index (κ3) is 3.21. The first-order valence-electron chi connectivity index (χ1n) is 5.12. The second-order valence-electron chi connectivity index (χ2n) is 3.47. The van der Waals surface area contributed by atoms with Crippen molar-refractivity contribution in [2.24, 2.45) is 0 Å². The number of halogens is 1. The Morgan fingerprint density at radius 1 is 1.56 bits per heavy atom. The highest BCUT2D eigenvalue weighted by Crippen LogP contribution is 2.21. The van der Waals surface area contributed by atoms with Crippen molar-refractivity contribution in [1.29, 1.82) is 5.26 Å². The molecule has 0 amide bonds. The lowest BCUT2D eigenvalue weighted by atomic mass is 10.1. The van der Waals surface area contributed by atoms with Crippen LogP contribution in [-0.4, -0.2) is 13.7 Å². The first-order chi connectivity index (χ1) is 7.69. The normalized spacial score (nSPS) is 11.9. The molecule has 0 radical (unpaired) electrons. The number of nitriles is 1. The molecule has 0 aliphatic carbocycles. The minimum Gasteiger partial charge on any atom is -0.497 e. The summed E-state index contributed by atoms with van der Waals surface area (Å²) in [5, 5.41) is 11.5. The van der Waals surface area contributed by atoms with E-state index in [4.69, 9.17) is 10.00 Å². The summed E-state index contributed by atoms with van der Waals surface area (Å²) < 4.78 is 18.5. The zero-order chi connectivity index (χ0) is 12.0. The molecule has 4 heteroatoms. The summed E-state index contributed by atoms with van der Waals surface area (Å²) in [4.78, 5) is 0. The summed E-state index contributed by atoms with van der Waals surface area (Å²) in [6.07, 6.45) is 0.419. The summed E-state index contributed by atoms with van der Waals surface area (Å²) >= 11 is 0.